The molecule has 1 saturated heterocycles. The molecule has 1 aliphatic heterocycles. The van der Waals surface area contributed by atoms with Crippen molar-refractivity contribution < 1.29 is 9.47 Å². The second-order valence-corrected chi connectivity index (χ2v) is 3.84. The van der Waals surface area contributed by atoms with Crippen LogP contribution in [0.5, 0.6) is 0 Å². The van der Waals surface area contributed by atoms with Gasteiger partial charge in [-0.05, 0) is 19.8 Å². The highest BCUT2D eigenvalue weighted by Crippen LogP contribution is 2.11. The number of anilines is 1. The summed E-state index contributed by atoms with van der Waals surface area (Å²) < 4.78 is 12.7. The van der Waals surface area contributed by atoms with Crippen LogP contribution in [-0.2, 0) is 16.2 Å². The first-order valence-corrected chi connectivity index (χ1v) is 5.24. The van der Waals surface area contributed by atoms with Crippen LogP contribution in [0.2, 0.25) is 0 Å². The molecule has 5 nitrogen and oxygen atoms in total. The monoisotopic (exact) mass is 211 g/mol. The average Bonchev–Trinajstić information content (AvgIpc) is 2.57. The maximum atomic E-state index is 5.69. The highest BCUT2D eigenvalue weighted by atomic mass is 16.5. The second kappa shape index (κ2) is 4.63. The molecule has 0 amide bonds. The number of nitrogens with two attached hydrogens (primary N) is 1. The van der Waals surface area contributed by atoms with Gasteiger partial charge in [-0.15, -0.1) is 0 Å². The fourth-order valence-electron chi connectivity index (χ4n) is 1.62. The van der Waals surface area contributed by atoms with E-state index in [0.717, 1.165) is 25.1 Å². The SMILES string of the molecule is Cc1nn(COC2CCCOC2)cc1N. The van der Waals surface area contributed by atoms with Crippen LogP contribution in [0.25, 0.3) is 0 Å². The molecule has 0 spiro atoms. The van der Waals surface area contributed by atoms with Gasteiger partial charge in [-0.2, -0.15) is 5.10 Å². The van der Waals surface area contributed by atoms with E-state index in [4.69, 9.17) is 15.2 Å². The van der Waals surface area contributed by atoms with E-state index >= 15 is 0 Å². The van der Waals surface area contributed by atoms with Crippen molar-refractivity contribution >= 4 is 5.69 Å². The van der Waals surface area contributed by atoms with Crippen LogP contribution < -0.4 is 5.73 Å². The molecule has 2 rings (SSSR count). The van der Waals surface area contributed by atoms with Gasteiger partial charge in [0.25, 0.3) is 0 Å². The Balaban J connectivity index is 1.81. The van der Waals surface area contributed by atoms with E-state index in [2.05, 4.69) is 5.10 Å². The first-order valence-electron chi connectivity index (χ1n) is 5.24. The molecule has 2 heterocycles. The Morgan fingerprint density at radius 2 is 2.60 bits per heavy atom. The highest BCUT2D eigenvalue weighted by Gasteiger charge is 2.14. The van der Waals surface area contributed by atoms with Crippen molar-refractivity contribution in [3.05, 3.63) is 11.9 Å². The van der Waals surface area contributed by atoms with Crippen molar-refractivity contribution in [2.24, 2.45) is 0 Å². The van der Waals surface area contributed by atoms with Gasteiger partial charge < -0.3 is 15.2 Å². The number of aryl methyl sites for hydroxylation is 1. The number of hydrogen-bond acceptors (Lipinski definition) is 4. The minimum absolute atomic E-state index is 0.199. The van der Waals surface area contributed by atoms with Gasteiger partial charge in [0.15, 0.2) is 0 Å². The number of rotatable bonds is 3. The zero-order valence-electron chi connectivity index (χ0n) is 8.98. The molecule has 0 saturated carbocycles. The van der Waals surface area contributed by atoms with Gasteiger partial charge in [0, 0.05) is 6.61 Å². The fourth-order valence-corrected chi connectivity index (χ4v) is 1.62. The molecule has 1 aromatic heterocycles. The van der Waals surface area contributed by atoms with E-state index in [1.165, 1.54) is 0 Å². The summed E-state index contributed by atoms with van der Waals surface area (Å²) in [5, 5.41) is 4.22. The van der Waals surface area contributed by atoms with Crippen molar-refractivity contribution in [1.29, 1.82) is 0 Å². The van der Waals surface area contributed by atoms with Crippen molar-refractivity contribution in [1.82, 2.24) is 9.78 Å². The molecular formula is C10H17N3O2. The van der Waals surface area contributed by atoms with Crippen molar-refractivity contribution in [2.75, 3.05) is 18.9 Å². The van der Waals surface area contributed by atoms with E-state index < -0.39 is 0 Å². The van der Waals surface area contributed by atoms with Crippen LogP contribution in [0.4, 0.5) is 5.69 Å². The molecule has 0 bridgehead atoms. The summed E-state index contributed by atoms with van der Waals surface area (Å²) in [5.41, 5.74) is 7.24. The molecule has 1 unspecified atom stereocenters. The standard InChI is InChI=1S/C10H17N3O2/c1-8-10(11)5-13(12-8)7-15-9-3-2-4-14-6-9/h5,9H,2-4,6-7,11H2,1H3. The van der Waals surface area contributed by atoms with E-state index in [0.29, 0.717) is 19.0 Å². The Morgan fingerprint density at radius 3 is 3.20 bits per heavy atom. The lowest BCUT2D eigenvalue weighted by Crippen LogP contribution is -2.26. The number of hydrogen-bond donors (Lipinski definition) is 1. The van der Waals surface area contributed by atoms with Crippen LogP contribution >= 0.6 is 0 Å². The van der Waals surface area contributed by atoms with Gasteiger partial charge in [-0.25, -0.2) is 4.68 Å². The van der Waals surface area contributed by atoms with Gasteiger partial charge in [0.05, 0.1) is 30.3 Å². The zero-order valence-corrected chi connectivity index (χ0v) is 8.98. The zero-order chi connectivity index (χ0) is 10.7. The first-order chi connectivity index (χ1) is 7.25. The Kier molecular flexibility index (Phi) is 3.23. The smallest absolute Gasteiger partial charge is 0.139 e. The molecule has 15 heavy (non-hydrogen) atoms. The topological polar surface area (TPSA) is 62.3 Å². The van der Waals surface area contributed by atoms with E-state index in [-0.39, 0.29) is 6.10 Å². The van der Waals surface area contributed by atoms with E-state index in [1.807, 2.05) is 6.92 Å². The Labute approximate surface area is 89.2 Å². The Morgan fingerprint density at radius 1 is 1.73 bits per heavy atom. The molecule has 0 aliphatic carbocycles. The van der Waals surface area contributed by atoms with Gasteiger partial charge in [0.2, 0.25) is 0 Å². The van der Waals surface area contributed by atoms with Crippen LogP contribution in [-0.4, -0.2) is 29.1 Å². The number of ether oxygens (including phenoxy) is 2. The second-order valence-electron chi connectivity index (χ2n) is 3.84. The molecule has 0 aromatic carbocycles. The lowest BCUT2D eigenvalue weighted by atomic mass is 10.2. The van der Waals surface area contributed by atoms with Crippen LogP contribution in [0, 0.1) is 6.92 Å². The number of nitrogen functional groups attached to an aromatic ring is 1. The third kappa shape index (κ3) is 2.70. The minimum atomic E-state index is 0.199. The summed E-state index contributed by atoms with van der Waals surface area (Å²) in [6, 6.07) is 0. The molecule has 0 radical (unpaired) electrons. The maximum absolute atomic E-state index is 5.69. The molecule has 1 atom stereocenters. The molecule has 1 aromatic rings. The third-order valence-electron chi connectivity index (χ3n) is 2.55. The van der Waals surface area contributed by atoms with Gasteiger partial charge in [-0.1, -0.05) is 0 Å². The van der Waals surface area contributed by atoms with E-state index in [9.17, 15) is 0 Å². The minimum Gasteiger partial charge on any atom is -0.396 e. The van der Waals surface area contributed by atoms with Crippen molar-refractivity contribution in [2.45, 2.75) is 32.6 Å². The Hall–Kier alpha value is -1.07. The normalized spacial score (nSPS) is 21.8. The first kappa shape index (κ1) is 10.4. The lowest BCUT2D eigenvalue weighted by Gasteiger charge is -2.22. The summed E-state index contributed by atoms with van der Waals surface area (Å²) in [7, 11) is 0. The van der Waals surface area contributed by atoms with Gasteiger partial charge in [-0.3, -0.25) is 0 Å². The number of nitrogens with zero attached hydrogens (tertiary/aromatic N) is 2. The summed E-state index contributed by atoms with van der Waals surface area (Å²) >= 11 is 0. The molecule has 1 fully saturated rings. The van der Waals surface area contributed by atoms with E-state index in [1.54, 1.807) is 10.9 Å². The van der Waals surface area contributed by atoms with Crippen molar-refractivity contribution in [3.8, 4) is 0 Å². The molecule has 1 aliphatic rings. The van der Waals surface area contributed by atoms with Crippen LogP contribution in [0.1, 0.15) is 18.5 Å². The molecule has 2 N–H and O–H groups in total. The van der Waals surface area contributed by atoms with Crippen LogP contribution in [0.15, 0.2) is 6.20 Å². The average molecular weight is 211 g/mol. The molecule has 5 heteroatoms. The maximum Gasteiger partial charge on any atom is 0.139 e. The molecule has 84 valence electrons. The predicted octanol–water partition coefficient (Wildman–Crippen LogP) is 0.927. The summed E-state index contributed by atoms with van der Waals surface area (Å²) in [6.07, 6.45) is 4.13. The van der Waals surface area contributed by atoms with Gasteiger partial charge in [0.1, 0.15) is 6.73 Å². The summed E-state index contributed by atoms with van der Waals surface area (Å²) in [4.78, 5) is 0. The number of aromatic nitrogens is 2. The Bertz CT molecular complexity index is 299. The summed E-state index contributed by atoms with van der Waals surface area (Å²) in [5.74, 6) is 0. The quantitative estimate of drug-likeness (QED) is 0.807. The predicted molar refractivity (Wildman–Crippen MR) is 56.3 cm³/mol. The van der Waals surface area contributed by atoms with Crippen LogP contribution in [0.3, 0.4) is 0 Å². The molecular weight excluding hydrogens is 194 g/mol. The van der Waals surface area contributed by atoms with Crippen molar-refractivity contribution in [3.63, 3.8) is 0 Å². The lowest BCUT2D eigenvalue weighted by molar-refractivity contribution is -0.0761. The van der Waals surface area contributed by atoms with Gasteiger partial charge >= 0.3 is 0 Å². The third-order valence-corrected chi connectivity index (χ3v) is 2.55. The highest BCUT2D eigenvalue weighted by molar-refractivity contribution is 5.39. The summed E-state index contributed by atoms with van der Waals surface area (Å²) in [6.45, 7) is 3.88. The fraction of sp³-hybridized carbons (Fsp3) is 0.700. The largest absolute Gasteiger partial charge is 0.396 e.